The lowest BCUT2D eigenvalue weighted by molar-refractivity contribution is 0.0976. The van der Waals surface area contributed by atoms with Crippen LogP contribution in [0.1, 0.15) is 35.2 Å². The average molecular weight is 370 g/mol. The molecule has 0 saturated carbocycles. The Morgan fingerprint density at radius 3 is 2.31 bits per heavy atom. The lowest BCUT2D eigenvalue weighted by Crippen LogP contribution is -2.39. The zero-order valence-electron chi connectivity index (χ0n) is 15.3. The van der Waals surface area contributed by atoms with Gasteiger partial charge in [-0.3, -0.25) is 10.1 Å². The average Bonchev–Trinajstić information content (AvgIpc) is 2.66. The molecule has 0 aromatic heterocycles. The first kappa shape index (κ1) is 20.1. The first-order chi connectivity index (χ1) is 12.6. The van der Waals surface area contributed by atoms with Crippen LogP contribution in [0.25, 0.3) is 0 Å². The van der Waals surface area contributed by atoms with Crippen LogP contribution in [0.5, 0.6) is 0 Å². The van der Waals surface area contributed by atoms with Crippen molar-refractivity contribution in [1.82, 2.24) is 15.5 Å². The van der Waals surface area contributed by atoms with Crippen molar-refractivity contribution < 1.29 is 4.79 Å². The second-order valence-electron chi connectivity index (χ2n) is 6.36. The molecule has 0 spiro atoms. The van der Waals surface area contributed by atoms with Gasteiger partial charge in [-0.15, -0.1) is 0 Å². The molecule has 0 saturated heterocycles. The molecule has 2 aromatic rings. The van der Waals surface area contributed by atoms with Crippen molar-refractivity contribution >= 4 is 23.2 Å². The topological polar surface area (TPSA) is 44.4 Å². The van der Waals surface area contributed by atoms with E-state index in [1.807, 2.05) is 24.3 Å². The van der Waals surface area contributed by atoms with Crippen LogP contribution >= 0.6 is 12.2 Å². The van der Waals surface area contributed by atoms with E-state index in [-0.39, 0.29) is 5.91 Å². The molecular weight excluding hydrogens is 342 g/mol. The Balaban J connectivity index is 1.52. The molecule has 0 fully saturated rings. The highest BCUT2D eigenvalue weighted by Gasteiger charge is 2.06. The van der Waals surface area contributed by atoms with Crippen LogP contribution < -0.4 is 10.6 Å². The molecule has 0 heterocycles. The molecule has 0 atom stereocenters. The summed E-state index contributed by atoms with van der Waals surface area (Å²) in [6, 6.07) is 19.6. The third-order valence-corrected chi connectivity index (χ3v) is 4.31. The van der Waals surface area contributed by atoms with Gasteiger partial charge in [-0.05, 0) is 56.3 Å². The minimum atomic E-state index is -0.175. The summed E-state index contributed by atoms with van der Waals surface area (Å²) in [5, 5.41) is 6.19. The van der Waals surface area contributed by atoms with Gasteiger partial charge in [0.25, 0.3) is 5.91 Å². The Bertz CT molecular complexity index is 676. The number of thiocarbonyl (C=S) groups is 1. The molecule has 26 heavy (non-hydrogen) atoms. The number of nitrogens with one attached hydrogen (secondary N) is 2. The van der Waals surface area contributed by atoms with Crippen molar-refractivity contribution in [2.75, 3.05) is 20.1 Å². The summed E-state index contributed by atoms with van der Waals surface area (Å²) in [4.78, 5) is 14.3. The molecule has 138 valence electrons. The second-order valence-corrected chi connectivity index (χ2v) is 6.77. The molecular formula is C21H27N3OS. The minimum absolute atomic E-state index is 0.175. The monoisotopic (exact) mass is 369 g/mol. The third kappa shape index (κ3) is 7.76. The van der Waals surface area contributed by atoms with Crippen molar-refractivity contribution in [3.05, 3.63) is 71.8 Å². The largest absolute Gasteiger partial charge is 0.362 e. The Hall–Kier alpha value is -2.24. The summed E-state index contributed by atoms with van der Waals surface area (Å²) < 4.78 is 0. The van der Waals surface area contributed by atoms with Gasteiger partial charge < -0.3 is 10.2 Å². The van der Waals surface area contributed by atoms with Crippen LogP contribution in [0, 0.1) is 0 Å². The predicted molar refractivity (Wildman–Crippen MR) is 111 cm³/mol. The van der Waals surface area contributed by atoms with Gasteiger partial charge >= 0.3 is 0 Å². The van der Waals surface area contributed by atoms with Crippen molar-refractivity contribution in [2.45, 2.75) is 25.8 Å². The Labute approximate surface area is 161 Å². The first-order valence-corrected chi connectivity index (χ1v) is 9.42. The molecule has 0 unspecified atom stereocenters. The molecule has 0 aliphatic rings. The van der Waals surface area contributed by atoms with E-state index in [1.165, 1.54) is 5.56 Å². The molecule has 0 aliphatic heterocycles. The molecule has 2 aromatic carbocycles. The molecule has 0 bridgehead atoms. The van der Waals surface area contributed by atoms with Gasteiger partial charge in [0.15, 0.2) is 5.11 Å². The Morgan fingerprint density at radius 2 is 1.62 bits per heavy atom. The fourth-order valence-corrected chi connectivity index (χ4v) is 2.86. The minimum Gasteiger partial charge on any atom is -0.362 e. The van der Waals surface area contributed by atoms with Crippen molar-refractivity contribution in [1.29, 1.82) is 0 Å². The second kappa shape index (κ2) is 11.4. The molecule has 2 rings (SSSR count). The number of carbonyl (C=O) groups is 1. The summed E-state index contributed by atoms with van der Waals surface area (Å²) in [5.74, 6) is -0.175. The predicted octanol–water partition coefficient (Wildman–Crippen LogP) is 3.59. The molecule has 4 nitrogen and oxygen atoms in total. The number of nitrogens with zero attached hydrogens (tertiary/aromatic N) is 1. The van der Waals surface area contributed by atoms with Gasteiger partial charge in [-0.1, -0.05) is 55.0 Å². The standard InChI is InChI=1S/C21H27N3OS/c1-24(17-18-11-5-2-6-12-18)16-10-4-9-15-22-21(26)23-20(25)19-13-7-3-8-14-19/h2-3,5-8,11-14H,4,9-10,15-17H2,1H3,(H2,22,23,25,26). The number of benzene rings is 2. The van der Waals surface area contributed by atoms with Crippen LogP contribution in [0.15, 0.2) is 60.7 Å². The smallest absolute Gasteiger partial charge is 0.257 e. The Kier molecular flexibility index (Phi) is 8.79. The van der Waals surface area contributed by atoms with Gasteiger partial charge in [0.2, 0.25) is 0 Å². The van der Waals surface area contributed by atoms with Gasteiger partial charge in [-0.2, -0.15) is 0 Å². The summed E-state index contributed by atoms with van der Waals surface area (Å²) in [5.41, 5.74) is 1.95. The zero-order valence-corrected chi connectivity index (χ0v) is 16.1. The van der Waals surface area contributed by atoms with Gasteiger partial charge in [0.1, 0.15) is 0 Å². The molecule has 0 radical (unpaired) electrons. The normalized spacial score (nSPS) is 10.5. The lowest BCUT2D eigenvalue weighted by Gasteiger charge is -2.16. The Morgan fingerprint density at radius 1 is 0.962 bits per heavy atom. The number of carbonyl (C=O) groups excluding carboxylic acids is 1. The SMILES string of the molecule is CN(CCCCCNC(=S)NC(=O)c1ccccc1)Cc1ccccc1. The number of unbranched alkanes of at least 4 members (excludes halogenated alkanes) is 2. The molecule has 1 amide bonds. The van der Waals surface area contributed by atoms with E-state index >= 15 is 0 Å². The van der Waals surface area contributed by atoms with E-state index in [0.717, 1.165) is 38.9 Å². The summed E-state index contributed by atoms with van der Waals surface area (Å²) in [6.07, 6.45) is 3.30. The van der Waals surface area contributed by atoms with E-state index in [4.69, 9.17) is 12.2 Å². The van der Waals surface area contributed by atoms with Gasteiger partial charge in [-0.25, -0.2) is 0 Å². The van der Waals surface area contributed by atoms with Crippen LogP contribution in [0.2, 0.25) is 0 Å². The molecule has 5 heteroatoms. The van der Waals surface area contributed by atoms with Crippen molar-refractivity contribution in [3.63, 3.8) is 0 Å². The van der Waals surface area contributed by atoms with Gasteiger partial charge in [0, 0.05) is 18.7 Å². The van der Waals surface area contributed by atoms with E-state index in [1.54, 1.807) is 12.1 Å². The van der Waals surface area contributed by atoms with Crippen LogP contribution in [0.3, 0.4) is 0 Å². The van der Waals surface area contributed by atoms with Crippen LogP contribution in [-0.2, 0) is 6.54 Å². The van der Waals surface area contributed by atoms with Gasteiger partial charge in [0.05, 0.1) is 0 Å². The van der Waals surface area contributed by atoms with Crippen molar-refractivity contribution in [2.24, 2.45) is 0 Å². The fraction of sp³-hybridized carbons (Fsp3) is 0.333. The quantitative estimate of drug-likeness (QED) is 0.524. The highest BCUT2D eigenvalue weighted by atomic mass is 32.1. The van der Waals surface area contributed by atoms with Crippen LogP contribution in [-0.4, -0.2) is 36.1 Å². The lowest BCUT2D eigenvalue weighted by atomic mass is 10.2. The summed E-state index contributed by atoms with van der Waals surface area (Å²) in [7, 11) is 2.15. The van der Waals surface area contributed by atoms with E-state index in [9.17, 15) is 4.79 Å². The fourth-order valence-electron chi connectivity index (χ4n) is 2.67. The number of hydrogen-bond acceptors (Lipinski definition) is 3. The maximum Gasteiger partial charge on any atom is 0.257 e. The molecule has 0 aliphatic carbocycles. The molecule has 2 N–H and O–H groups in total. The summed E-state index contributed by atoms with van der Waals surface area (Å²) in [6.45, 7) is 2.83. The number of rotatable bonds is 9. The maximum absolute atomic E-state index is 12.0. The number of amides is 1. The van der Waals surface area contributed by atoms with E-state index in [0.29, 0.717) is 10.7 Å². The van der Waals surface area contributed by atoms with E-state index in [2.05, 4.69) is 46.8 Å². The number of hydrogen-bond donors (Lipinski definition) is 2. The van der Waals surface area contributed by atoms with Crippen molar-refractivity contribution in [3.8, 4) is 0 Å². The highest BCUT2D eigenvalue weighted by molar-refractivity contribution is 7.80. The third-order valence-electron chi connectivity index (χ3n) is 4.06. The first-order valence-electron chi connectivity index (χ1n) is 9.02. The van der Waals surface area contributed by atoms with E-state index < -0.39 is 0 Å². The maximum atomic E-state index is 12.0. The summed E-state index contributed by atoms with van der Waals surface area (Å²) >= 11 is 5.17. The zero-order chi connectivity index (χ0) is 18.6. The highest BCUT2D eigenvalue weighted by Crippen LogP contribution is 2.04. The van der Waals surface area contributed by atoms with Crippen LogP contribution in [0.4, 0.5) is 0 Å².